The van der Waals surface area contributed by atoms with Crippen molar-refractivity contribution in [1.29, 1.82) is 0 Å². The molecule has 0 spiro atoms. The summed E-state index contributed by atoms with van der Waals surface area (Å²) in [4.78, 5) is 13.7. The highest BCUT2D eigenvalue weighted by Crippen LogP contribution is 2.42. The normalized spacial score (nSPS) is 18.0. The molecule has 1 saturated heterocycles. The smallest absolute Gasteiger partial charge is 0.278 e. The molecule has 2 atom stereocenters. The van der Waals surface area contributed by atoms with Gasteiger partial charge in [0.05, 0.1) is 30.8 Å². The summed E-state index contributed by atoms with van der Waals surface area (Å²) in [5, 5.41) is 15.0. The molecule has 0 bridgehead atoms. The molecule has 0 amide bonds. The Bertz CT molecular complexity index is 573. The first-order valence-electron chi connectivity index (χ1n) is 8.38. The number of nitrogens with one attached hydrogen (secondary N) is 1. The molecule has 1 fully saturated rings. The Labute approximate surface area is 143 Å². The van der Waals surface area contributed by atoms with Gasteiger partial charge in [-0.1, -0.05) is 20.3 Å². The van der Waals surface area contributed by atoms with Crippen molar-refractivity contribution in [3.05, 3.63) is 27.8 Å². The summed E-state index contributed by atoms with van der Waals surface area (Å²) < 4.78 is 10.6. The van der Waals surface area contributed by atoms with Gasteiger partial charge in [0.15, 0.2) is 11.5 Å². The van der Waals surface area contributed by atoms with E-state index in [0.717, 1.165) is 32.6 Å². The van der Waals surface area contributed by atoms with Gasteiger partial charge in [0.25, 0.3) is 5.69 Å². The third-order valence-corrected chi connectivity index (χ3v) is 4.78. The van der Waals surface area contributed by atoms with Crippen LogP contribution < -0.4 is 14.8 Å². The number of hydrogen-bond acceptors (Lipinski definition) is 6. The summed E-state index contributed by atoms with van der Waals surface area (Å²) in [6.07, 6.45) is 0.945. The zero-order valence-corrected chi connectivity index (χ0v) is 14.9. The van der Waals surface area contributed by atoms with Crippen LogP contribution in [0.3, 0.4) is 0 Å². The zero-order chi connectivity index (χ0) is 17.7. The second-order valence-electron chi connectivity index (χ2n) is 6.14. The number of methoxy groups -OCH3 is 2. The van der Waals surface area contributed by atoms with Crippen molar-refractivity contribution in [2.45, 2.75) is 26.3 Å². The van der Waals surface area contributed by atoms with Crippen molar-refractivity contribution in [2.75, 3.05) is 40.4 Å². The third-order valence-electron chi connectivity index (χ3n) is 4.78. The topological polar surface area (TPSA) is 76.9 Å². The van der Waals surface area contributed by atoms with E-state index in [0.29, 0.717) is 23.0 Å². The van der Waals surface area contributed by atoms with Crippen LogP contribution in [-0.4, -0.2) is 50.2 Å². The Morgan fingerprint density at radius 1 is 1.25 bits per heavy atom. The van der Waals surface area contributed by atoms with Crippen molar-refractivity contribution in [3.8, 4) is 11.5 Å². The molecule has 0 saturated carbocycles. The summed E-state index contributed by atoms with van der Waals surface area (Å²) >= 11 is 0. The van der Waals surface area contributed by atoms with Crippen LogP contribution in [0.5, 0.6) is 11.5 Å². The van der Waals surface area contributed by atoms with E-state index >= 15 is 0 Å². The van der Waals surface area contributed by atoms with Gasteiger partial charge in [-0.15, -0.1) is 0 Å². The average molecular weight is 337 g/mol. The Kier molecular flexibility index (Phi) is 6.39. The lowest BCUT2D eigenvalue weighted by Crippen LogP contribution is -2.46. The fraction of sp³-hybridized carbons (Fsp3) is 0.647. The molecule has 24 heavy (non-hydrogen) atoms. The monoisotopic (exact) mass is 337 g/mol. The van der Waals surface area contributed by atoms with Crippen LogP contribution in [-0.2, 0) is 0 Å². The zero-order valence-electron chi connectivity index (χ0n) is 14.9. The van der Waals surface area contributed by atoms with E-state index in [1.54, 1.807) is 13.2 Å². The van der Waals surface area contributed by atoms with Crippen molar-refractivity contribution in [2.24, 2.45) is 5.92 Å². The molecule has 0 aliphatic carbocycles. The third kappa shape index (κ3) is 3.79. The lowest BCUT2D eigenvalue weighted by atomic mass is 9.89. The van der Waals surface area contributed by atoms with E-state index < -0.39 is 0 Å². The molecule has 2 rings (SSSR count). The second-order valence-corrected chi connectivity index (χ2v) is 6.14. The summed E-state index contributed by atoms with van der Waals surface area (Å²) in [5.74, 6) is 1.21. The predicted octanol–water partition coefficient (Wildman–Crippen LogP) is 2.60. The summed E-state index contributed by atoms with van der Waals surface area (Å²) in [6, 6.07) is 3.24. The Balaban J connectivity index is 2.55. The van der Waals surface area contributed by atoms with Crippen LogP contribution in [0.1, 0.15) is 31.9 Å². The molecular formula is C17H27N3O4. The molecule has 1 heterocycles. The molecule has 1 N–H and O–H groups in total. The van der Waals surface area contributed by atoms with E-state index in [1.807, 2.05) is 0 Å². The summed E-state index contributed by atoms with van der Waals surface area (Å²) in [7, 11) is 3.04. The van der Waals surface area contributed by atoms with Gasteiger partial charge < -0.3 is 14.8 Å². The molecule has 1 aliphatic heterocycles. The van der Waals surface area contributed by atoms with Gasteiger partial charge >= 0.3 is 0 Å². The van der Waals surface area contributed by atoms with Crippen LogP contribution in [0.15, 0.2) is 12.1 Å². The highest BCUT2D eigenvalue weighted by molar-refractivity contribution is 5.55. The van der Waals surface area contributed by atoms with Gasteiger partial charge in [0.1, 0.15) is 0 Å². The van der Waals surface area contributed by atoms with Crippen molar-refractivity contribution in [3.63, 3.8) is 0 Å². The molecular weight excluding hydrogens is 310 g/mol. The van der Waals surface area contributed by atoms with Gasteiger partial charge in [-0.3, -0.25) is 15.0 Å². The lowest BCUT2D eigenvalue weighted by molar-refractivity contribution is -0.386. The molecule has 1 aromatic carbocycles. The van der Waals surface area contributed by atoms with Crippen LogP contribution in [0.25, 0.3) is 0 Å². The minimum absolute atomic E-state index is 0.0164. The van der Waals surface area contributed by atoms with Crippen LogP contribution >= 0.6 is 0 Å². The molecule has 1 aromatic rings. The van der Waals surface area contributed by atoms with Gasteiger partial charge in [0.2, 0.25) is 0 Å². The number of piperazine rings is 1. The Hall–Kier alpha value is -1.86. The largest absolute Gasteiger partial charge is 0.493 e. The molecule has 134 valence electrons. The van der Waals surface area contributed by atoms with Gasteiger partial charge in [-0.05, 0) is 12.0 Å². The minimum Gasteiger partial charge on any atom is -0.493 e. The highest BCUT2D eigenvalue weighted by atomic mass is 16.6. The van der Waals surface area contributed by atoms with Gasteiger partial charge in [0, 0.05) is 32.2 Å². The van der Waals surface area contributed by atoms with Gasteiger partial charge in [-0.25, -0.2) is 0 Å². The Morgan fingerprint density at radius 3 is 2.33 bits per heavy atom. The van der Waals surface area contributed by atoms with Gasteiger partial charge in [-0.2, -0.15) is 0 Å². The van der Waals surface area contributed by atoms with E-state index in [4.69, 9.17) is 9.47 Å². The van der Waals surface area contributed by atoms with E-state index in [2.05, 4.69) is 24.1 Å². The SMILES string of the molecule is CCC(C)[C@@H](c1cc(OC)c(OC)cc1[N+](=O)[O-])N1CCNCC1. The first-order chi connectivity index (χ1) is 11.5. The van der Waals surface area contributed by atoms with Crippen molar-refractivity contribution in [1.82, 2.24) is 10.2 Å². The number of nitrogens with zero attached hydrogens (tertiary/aromatic N) is 2. The van der Waals surface area contributed by atoms with Crippen molar-refractivity contribution >= 4 is 5.69 Å². The second kappa shape index (κ2) is 8.30. The van der Waals surface area contributed by atoms with Crippen LogP contribution in [0.2, 0.25) is 0 Å². The minimum atomic E-state index is -0.325. The first-order valence-corrected chi connectivity index (χ1v) is 8.38. The molecule has 1 unspecified atom stereocenters. The lowest BCUT2D eigenvalue weighted by Gasteiger charge is -2.38. The number of hydrogen-bond donors (Lipinski definition) is 1. The van der Waals surface area contributed by atoms with E-state index in [-0.39, 0.29) is 16.7 Å². The average Bonchev–Trinajstić information content (AvgIpc) is 2.61. The van der Waals surface area contributed by atoms with E-state index in [1.165, 1.54) is 13.2 Å². The number of nitro groups is 1. The molecule has 0 aromatic heterocycles. The molecule has 1 aliphatic rings. The predicted molar refractivity (Wildman–Crippen MR) is 92.8 cm³/mol. The van der Waals surface area contributed by atoms with Crippen LogP contribution in [0.4, 0.5) is 5.69 Å². The summed E-state index contributed by atoms with van der Waals surface area (Å²) in [5.41, 5.74) is 0.797. The molecule has 7 nitrogen and oxygen atoms in total. The Morgan fingerprint density at radius 2 is 1.83 bits per heavy atom. The number of benzene rings is 1. The first kappa shape index (κ1) is 18.5. The quantitative estimate of drug-likeness (QED) is 0.609. The fourth-order valence-corrected chi connectivity index (χ4v) is 3.33. The number of rotatable bonds is 7. The van der Waals surface area contributed by atoms with Crippen molar-refractivity contribution < 1.29 is 14.4 Å². The molecule has 7 heteroatoms. The van der Waals surface area contributed by atoms with Crippen LogP contribution in [0, 0.1) is 16.0 Å². The maximum absolute atomic E-state index is 11.7. The number of ether oxygens (including phenoxy) is 2. The molecule has 0 radical (unpaired) electrons. The highest BCUT2D eigenvalue weighted by Gasteiger charge is 2.33. The standard InChI is InChI=1S/C17H27N3O4/c1-5-12(2)17(19-8-6-18-7-9-19)13-10-15(23-3)16(24-4)11-14(13)20(21)22/h10-12,17-18H,5-9H2,1-4H3/t12?,17-/m0/s1. The maximum Gasteiger partial charge on any atom is 0.278 e. The summed E-state index contributed by atoms with van der Waals surface area (Å²) in [6.45, 7) is 7.81. The van der Waals surface area contributed by atoms with E-state index in [9.17, 15) is 10.1 Å². The number of nitro benzene ring substituents is 1. The maximum atomic E-state index is 11.7. The fourth-order valence-electron chi connectivity index (χ4n) is 3.33.